The number of urea groups is 1. The first-order valence-electron chi connectivity index (χ1n) is 15.7. The van der Waals surface area contributed by atoms with Crippen LogP contribution in [0.25, 0.3) is 0 Å². The number of rotatable bonds is 6. The van der Waals surface area contributed by atoms with Crippen molar-refractivity contribution in [2.75, 3.05) is 26.7 Å². The molecule has 1 aliphatic carbocycles. The Morgan fingerprint density at radius 1 is 1.05 bits per heavy atom. The molecule has 7 heteroatoms. The van der Waals surface area contributed by atoms with Crippen molar-refractivity contribution in [1.29, 1.82) is 0 Å². The second-order valence-electron chi connectivity index (χ2n) is 12.7. The van der Waals surface area contributed by atoms with Gasteiger partial charge in [-0.25, -0.2) is 14.8 Å². The molecule has 3 heterocycles. The van der Waals surface area contributed by atoms with Gasteiger partial charge in [-0.2, -0.15) is 0 Å². The molecule has 0 saturated carbocycles. The van der Waals surface area contributed by atoms with Gasteiger partial charge in [0.1, 0.15) is 6.17 Å². The molecule has 2 aromatic rings. The van der Waals surface area contributed by atoms with E-state index in [0.29, 0.717) is 13.1 Å². The van der Waals surface area contributed by atoms with Gasteiger partial charge in [0.25, 0.3) is 0 Å². The van der Waals surface area contributed by atoms with E-state index in [9.17, 15) is 9.59 Å². The maximum absolute atomic E-state index is 13.9. The van der Waals surface area contributed by atoms with Crippen LogP contribution in [-0.2, 0) is 11.3 Å². The summed E-state index contributed by atoms with van der Waals surface area (Å²) in [7, 11) is 1.87. The number of fused-ring (bicyclic) bond motifs is 4. The minimum atomic E-state index is -0.356. The molecule has 222 valence electrons. The highest BCUT2D eigenvalue weighted by Crippen LogP contribution is 2.48. The highest BCUT2D eigenvalue weighted by atomic mass is 16.2. The zero-order valence-electron chi connectivity index (χ0n) is 25.3. The number of likely N-dealkylation sites (N-methyl/N-ethyl adjacent to an activating group) is 1. The second-order valence-corrected chi connectivity index (χ2v) is 12.7. The fraction of sp³-hybridized carbons (Fsp3) is 0.486. The van der Waals surface area contributed by atoms with Gasteiger partial charge < -0.3 is 10.2 Å². The predicted molar refractivity (Wildman–Crippen MR) is 166 cm³/mol. The average molecular weight is 568 g/mol. The first-order chi connectivity index (χ1) is 20.4. The van der Waals surface area contributed by atoms with Gasteiger partial charge in [-0.1, -0.05) is 106 Å². The maximum atomic E-state index is 13.9. The molecule has 2 saturated heterocycles. The molecule has 2 fully saturated rings. The summed E-state index contributed by atoms with van der Waals surface area (Å²) < 4.78 is 0. The Balaban J connectivity index is 1.38. The lowest BCUT2D eigenvalue weighted by Gasteiger charge is -2.60. The number of benzene rings is 2. The number of unbranched alkanes of at least 4 members (excludes halogenated alkanes) is 1. The lowest BCUT2D eigenvalue weighted by atomic mass is 9.71. The quantitative estimate of drug-likeness (QED) is 0.498. The van der Waals surface area contributed by atoms with Crippen LogP contribution in [0.4, 0.5) is 4.79 Å². The monoisotopic (exact) mass is 567 g/mol. The molecule has 3 aliphatic heterocycles. The molecule has 2 aromatic carbocycles. The third kappa shape index (κ3) is 5.40. The van der Waals surface area contributed by atoms with Gasteiger partial charge in [-0.15, -0.1) is 0 Å². The maximum Gasteiger partial charge on any atom is 0.334 e. The third-order valence-corrected chi connectivity index (χ3v) is 9.84. The molecule has 2 bridgehead atoms. The molecule has 0 radical (unpaired) electrons. The van der Waals surface area contributed by atoms with Crippen molar-refractivity contribution in [3.8, 4) is 0 Å². The van der Waals surface area contributed by atoms with Gasteiger partial charge in [-0.05, 0) is 36.0 Å². The summed E-state index contributed by atoms with van der Waals surface area (Å²) >= 11 is 0. The van der Waals surface area contributed by atoms with Crippen LogP contribution in [0.3, 0.4) is 0 Å². The minimum Gasteiger partial charge on any atom is -0.333 e. The highest BCUT2D eigenvalue weighted by Gasteiger charge is 2.56. The van der Waals surface area contributed by atoms with E-state index in [-0.39, 0.29) is 48.1 Å². The van der Waals surface area contributed by atoms with Gasteiger partial charge >= 0.3 is 6.03 Å². The van der Waals surface area contributed by atoms with E-state index in [0.717, 1.165) is 44.2 Å². The molecule has 3 unspecified atom stereocenters. The number of hydrogen-bond donors (Lipinski definition) is 1. The Bertz CT molecular complexity index is 1330. The van der Waals surface area contributed by atoms with Gasteiger partial charge in [0.2, 0.25) is 5.91 Å². The van der Waals surface area contributed by atoms with Crippen molar-refractivity contribution < 1.29 is 9.59 Å². The number of nitrogens with zero attached hydrogens (tertiary/aromatic N) is 4. The van der Waals surface area contributed by atoms with Crippen molar-refractivity contribution in [2.24, 2.45) is 5.41 Å². The van der Waals surface area contributed by atoms with E-state index < -0.39 is 0 Å². The Morgan fingerprint density at radius 2 is 1.79 bits per heavy atom. The summed E-state index contributed by atoms with van der Waals surface area (Å²) in [6.07, 6.45) is 12.0. The van der Waals surface area contributed by atoms with Gasteiger partial charge in [-0.3, -0.25) is 9.69 Å². The Kier molecular flexibility index (Phi) is 8.24. The second kappa shape index (κ2) is 12.1. The van der Waals surface area contributed by atoms with Gasteiger partial charge in [0, 0.05) is 44.1 Å². The molecule has 0 aromatic heterocycles. The van der Waals surface area contributed by atoms with Gasteiger partial charge in [0.05, 0.1) is 12.6 Å². The van der Waals surface area contributed by atoms with Crippen molar-refractivity contribution in [1.82, 2.24) is 25.1 Å². The first-order valence-corrected chi connectivity index (χ1v) is 15.7. The number of amides is 3. The van der Waals surface area contributed by atoms with Crippen molar-refractivity contribution in [3.05, 3.63) is 95.6 Å². The van der Waals surface area contributed by atoms with E-state index in [4.69, 9.17) is 0 Å². The standard InChI is InChI=1S/C35H45N5O2/c1-4-5-19-30-33-35(2)20-13-12-18-28(21-35)29(27-16-10-7-11-17-27)23-38(33)24-31-39(30)32(41)25-37(3)40(31)34(42)36-22-26-14-8-6-9-15-26/h6-12,14-18,21,29-31,33H,4-5,13,19-20,22-25H2,1-3H3,(H,36,42)/t29?,30-,31-,33?,35?/m0/s1. The molecule has 0 spiro atoms. The third-order valence-electron chi connectivity index (χ3n) is 9.84. The van der Waals surface area contributed by atoms with E-state index in [2.05, 4.69) is 77.5 Å². The Hall–Kier alpha value is -3.42. The average Bonchev–Trinajstić information content (AvgIpc) is 3.26. The van der Waals surface area contributed by atoms with E-state index in [1.165, 1.54) is 11.1 Å². The Labute approximate surface area is 250 Å². The van der Waals surface area contributed by atoms with Crippen molar-refractivity contribution in [3.63, 3.8) is 0 Å². The number of nitrogens with one attached hydrogen (secondary N) is 1. The molecule has 7 nitrogen and oxygen atoms in total. The van der Waals surface area contributed by atoms with Crippen LogP contribution in [-0.4, -0.2) is 76.7 Å². The number of allylic oxidation sites excluding steroid dienone is 2. The summed E-state index contributed by atoms with van der Waals surface area (Å²) in [5, 5.41) is 6.79. The molecule has 3 amide bonds. The van der Waals surface area contributed by atoms with Crippen LogP contribution < -0.4 is 5.32 Å². The predicted octanol–water partition coefficient (Wildman–Crippen LogP) is 5.54. The zero-order valence-corrected chi connectivity index (χ0v) is 25.3. The lowest BCUT2D eigenvalue weighted by molar-refractivity contribution is -0.192. The normalized spacial score (nSPS) is 29.7. The number of piperazine rings is 1. The number of carbonyl (C=O) groups excluding carboxylic acids is 2. The summed E-state index contributed by atoms with van der Waals surface area (Å²) in [5.41, 5.74) is 3.66. The zero-order chi connectivity index (χ0) is 29.3. The largest absolute Gasteiger partial charge is 0.334 e. The summed E-state index contributed by atoms with van der Waals surface area (Å²) in [4.78, 5) is 32.6. The molecule has 1 N–H and O–H groups in total. The van der Waals surface area contributed by atoms with Crippen LogP contribution in [0.1, 0.15) is 63.0 Å². The summed E-state index contributed by atoms with van der Waals surface area (Å²) in [6, 6.07) is 20.9. The first kappa shape index (κ1) is 28.7. The van der Waals surface area contributed by atoms with Crippen LogP contribution in [0.2, 0.25) is 0 Å². The van der Waals surface area contributed by atoms with Crippen molar-refractivity contribution in [2.45, 2.75) is 76.7 Å². The van der Waals surface area contributed by atoms with E-state index in [1.807, 2.05) is 47.4 Å². The molecular formula is C35H45N5O2. The fourth-order valence-electron chi connectivity index (χ4n) is 7.94. The number of carbonyl (C=O) groups is 2. The van der Waals surface area contributed by atoms with Crippen molar-refractivity contribution >= 4 is 11.9 Å². The van der Waals surface area contributed by atoms with Crippen LogP contribution in [0, 0.1) is 5.41 Å². The van der Waals surface area contributed by atoms with E-state index >= 15 is 0 Å². The van der Waals surface area contributed by atoms with E-state index in [1.54, 1.807) is 0 Å². The lowest BCUT2D eigenvalue weighted by Crippen LogP contribution is -2.78. The summed E-state index contributed by atoms with van der Waals surface area (Å²) in [5.74, 6) is 0.361. The number of hydrogen-bond acceptors (Lipinski definition) is 4. The fourth-order valence-corrected chi connectivity index (χ4v) is 7.94. The van der Waals surface area contributed by atoms with Gasteiger partial charge in [0.15, 0.2) is 0 Å². The highest BCUT2D eigenvalue weighted by molar-refractivity contribution is 5.83. The van der Waals surface area contributed by atoms with Crippen LogP contribution in [0.5, 0.6) is 0 Å². The smallest absolute Gasteiger partial charge is 0.333 e. The molecule has 6 rings (SSSR count). The molecule has 5 atom stereocenters. The topological polar surface area (TPSA) is 59.1 Å². The Morgan fingerprint density at radius 3 is 2.52 bits per heavy atom. The molecule has 42 heavy (non-hydrogen) atoms. The SMILES string of the molecule is CCCC[C@H]1C2N(CC(c3ccccc3)C3=CC2(C)CCC=C3)C[C@H]2N1C(=O)CN(C)N2C(=O)NCc1ccccc1. The van der Waals surface area contributed by atoms with Crippen LogP contribution in [0.15, 0.2) is 84.5 Å². The minimum absolute atomic E-state index is 0.0319. The molecular weight excluding hydrogens is 522 g/mol. The summed E-state index contributed by atoms with van der Waals surface area (Å²) in [6.45, 7) is 6.79. The molecule has 4 aliphatic rings. The number of hydrazine groups is 1. The van der Waals surface area contributed by atoms with Crippen LogP contribution >= 0.6 is 0 Å².